The second-order valence-corrected chi connectivity index (χ2v) is 11.0. The summed E-state index contributed by atoms with van der Waals surface area (Å²) in [5.74, 6) is -1.17. The van der Waals surface area contributed by atoms with Crippen LogP contribution in [0.15, 0.2) is 18.5 Å². The van der Waals surface area contributed by atoms with Gasteiger partial charge >= 0.3 is 5.97 Å². The summed E-state index contributed by atoms with van der Waals surface area (Å²) in [4.78, 5) is 55.2. The molecular weight excluding hydrogens is 448 g/mol. The van der Waals surface area contributed by atoms with E-state index < -0.39 is 5.60 Å². The van der Waals surface area contributed by atoms with Crippen molar-refractivity contribution >= 4 is 29.4 Å². The fourth-order valence-corrected chi connectivity index (χ4v) is 5.26. The zero-order valence-electron chi connectivity index (χ0n) is 20.8. The molecule has 0 spiro atoms. The molecule has 2 atom stereocenters. The lowest BCUT2D eigenvalue weighted by atomic mass is 9.85. The lowest BCUT2D eigenvalue weighted by molar-refractivity contribution is -0.159. The molecule has 2 N–H and O–H groups in total. The maximum Gasteiger partial charge on any atom is 0.311 e. The van der Waals surface area contributed by atoms with Crippen LogP contribution >= 0.6 is 0 Å². The van der Waals surface area contributed by atoms with Crippen LogP contribution in [0.25, 0.3) is 0 Å². The number of hydrogen-bond donors (Lipinski definition) is 2. The van der Waals surface area contributed by atoms with Gasteiger partial charge in [0.25, 0.3) is 0 Å². The third-order valence-electron chi connectivity index (χ3n) is 7.09. The summed E-state index contributed by atoms with van der Waals surface area (Å²) in [7, 11) is 0. The van der Waals surface area contributed by atoms with Crippen LogP contribution in [0.3, 0.4) is 0 Å². The molecule has 1 aliphatic carbocycles. The number of aromatic nitrogens is 1. The van der Waals surface area contributed by atoms with Crippen LogP contribution in [-0.2, 0) is 23.9 Å². The number of carbonyl (C=O) groups excluding carboxylic acids is 4. The van der Waals surface area contributed by atoms with Gasteiger partial charge in [0.15, 0.2) is 0 Å². The Morgan fingerprint density at radius 1 is 1.06 bits per heavy atom. The van der Waals surface area contributed by atoms with E-state index >= 15 is 0 Å². The second-order valence-electron chi connectivity index (χ2n) is 11.0. The number of nitrogens with one attached hydrogen (secondary N) is 2. The molecule has 3 heterocycles. The summed E-state index contributed by atoms with van der Waals surface area (Å²) in [5, 5.41) is 5.91. The molecule has 4 rings (SSSR count). The van der Waals surface area contributed by atoms with Crippen LogP contribution in [0.5, 0.6) is 0 Å². The number of imide groups is 1. The lowest BCUT2D eigenvalue weighted by Gasteiger charge is -2.31. The molecule has 3 amide bonds. The van der Waals surface area contributed by atoms with E-state index in [0.29, 0.717) is 32.4 Å². The average molecular weight is 485 g/mol. The molecule has 3 fully saturated rings. The highest BCUT2D eigenvalue weighted by atomic mass is 16.6. The minimum Gasteiger partial charge on any atom is -0.460 e. The minimum absolute atomic E-state index is 0.0154. The van der Waals surface area contributed by atoms with Gasteiger partial charge in [-0.15, -0.1) is 0 Å². The van der Waals surface area contributed by atoms with Gasteiger partial charge in [-0.3, -0.25) is 29.5 Å². The van der Waals surface area contributed by atoms with Crippen molar-refractivity contribution in [3.8, 4) is 0 Å². The second kappa shape index (κ2) is 10.3. The molecule has 1 saturated carbocycles. The number of pyridine rings is 1. The fourth-order valence-electron chi connectivity index (χ4n) is 5.26. The summed E-state index contributed by atoms with van der Waals surface area (Å²) in [5.41, 5.74) is 1.13. The van der Waals surface area contributed by atoms with Gasteiger partial charge in [0, 0.05) is 43.9 Å². The van der Waals surface area contributed by atoms with Gasteiger partial charge in [0.05, 0.1) is 17.5 Å². The topological polar surface area (TPSA) is 118 Å². The van der Waals surface area contributed by atoms with Crippen LogP contribution in [-0.4, -0.2) is 58.3 Å². The predicted octanol–water partition coefficient (Wildman–Crippen LogP) is 2.76. The monoisotopic (exact) mass is 484 g/mol. The summed E-state index contributed by atoms with van der Waals surface area (Å²) in [6, 6.07) is 2.16. The summed E-state index contributed by atoms with van der Waals surface area (Å²) >= 11 is 0. The van der Waals surface area contributed by atoms with Gasteiger partial charge in [-0.1, -0.05) is 0 Å². The molecule has 1 aromatic rings. The Morgan fingerprint density at radius 2 is 1.80 bits per heavy atom. The van der Waals surface area contributed by atoms with Gasteiger partial charge in [0.1, 0.15) is 5.60 Å². The summed E-state index contributed by atoms with van der Waals surface area (Å²) < 4.78 is 5.50. The van der Waals surface area contributed by atoms with Crippen LogP contribution in [0, 0.1) is 11.8 Å². The molecule has 9 nitrogen and oxygen atoms in total. The summed E-state index contributed by atoms with van der Waals surface area (Å²) in [6.07, 6.45) is 8.23. The first-order valence-electron chi connectivity index (χ1n) is 12.7. The van der Waals surface area contributed by atoms with Gasteiger partial charge in [-0.05, 0) is 70.9 Å². The Morgan fingerprint density at radius 3 is 2.49 bits per heavy atom. The Hall–Kier alpha value is -2.97. The van der Waals surface area contributed by atoms with Crippen molar-refractivity contribution in [2.45, 2.75) is 83.3 Å². The van der Waals surface area contributed by atoms with Gasteiger partial charge < -0.3 is 15.0 Å². The number of piperidine rings is 1. The minimum atomic E-state index is -0.517. The average Bonchev–Trinajstić information content (AvgIpc) is 3.29. The molecular formula is C26H36N4O5. The number of hydrogen-bond acceptors (Lipinski definition) is 7. The zero-order chi connectivity index (χ0) is 25.2. The molecule has 35 heavy (non-hydrogen) atoms. The van der Waals surface area contributed by atoms with Crippen LogP contribution in [0.2, 0.25) is 0 Å². The predicted molar refractivity (Wildman–Crippen MR) is 129 cm³/mol. The Balaban J connectivity index is 1.26. The third kappa shape index (κ3) is 6.38. The zero-order valence-corrected chi connectivity index (χ0v) is 20.8. The quantitative estimate of drug-likeness (QED) is 0.487. The molecule has 0 aromatic carbocycles. The Labute approximate surface area is 206 Å². The van der Waals surface area contributed by atoms with Crippen LogP contribution in [0.4, 0.5) is 5.69 Å². The third-order valence-corrected chi connectivity index (χ3v) is 7.09. The SMILES string of the molecule is CC(C)(C)OC(=O)[C@@H]1CCN(C(=O)[C@H]2CC[C@H](Nc3cncc(C4CCC(=O)NC4=O)c3)CC2)C1. The van der Waals surface area contributed by atoms with Crippen LogP contribution < -0.4 is 10.6 Å². The van der Waals surface area contributed by atoms with Crippen molar-refractivity contribution in [2.75, 3.05) is 18.4 Å². The molecule has 2 saturated heterocycles. The van der Waals surface area contributed by atoms with E-state index in [1.54, 1.807) is 12.4 Å². The van der Waals surface area contributed by atoms with Gasteiger partial charge in [0.2, 0.25) is 17.7 Å². The maximum atomic E-state index is 13.1. The van der Waals surface area contributed by atoms with E-state index in [1.807, 2.05) is 31.7 Å². The highest BCUT2D eigenvalue weighted by molar-refractivity contribution is 6.01. The van der Waals surface area contributed by atoms with E-state index in [9.17, 15) is 19.2 Å². The number of esters is 1. The first-order valence-corrected chi connectivity index (χ1v) is 12.7. The molecule has 3 aliphatic rings. The first-order chi connectivity index (χ1) is 16.6. The van der Waals surface area contributed by atoms with E-state index in [-0.39, 0.29) is 47.5 Å². The molecule has 1 unspecified atom stereocenters. The number of carbonyl (C=O) groups is 4. The van der Waals surface area contributed by atoms with Crippen molar-refractivity contribution in [2.24, 2.45) is 11.8 Å². The standard InChI is InChI=1S/C26H36N4O5/c1-26(2,3)35-25(34)17-10-11-30(15-17)24(33)16-4-6-19(7-5-16)28-20-12-18(13-27-14-20)21-8-9-22(31)29-23(21)32/h12-14,16-17,19,21,28H,4-11,15H2,1-3H3,(H,29,31,32)/t16-,17-,19-,21?/m1/s1. The highest BCUT2D eigenvalue weighted by Gasteiger charge is 2.37. The number of amides is 3. The van der Waals surface area contributed by atoms with Crippen LogP contribution in [0.1, 0.15) is 77.2 Å². The molecule has 0 radical (unpaired) electrons. The number of ether oxygens (including phenoxy) is 1. The van der Waals surface area contributed by atoms with E-state index in [4.69, 9.17) is 4.74 Å². The first kappa shape index (κ1) is 25.1. The van der Waals surface area contributed by atoms with Crippen molar-refractivity contribution in [1.29, 1.82) is 0 Å². The van der Waals surface area contributed by atoms with Crippen molar-refractivity contribution in [3.05, 3.63) is 24.0 Å². The number of nitrogens with zero attached hydrogens (tertiary/aromatic N) is 2. The number of likely N-dealkylation sites (tertiary alicyclic amines) is 1. The Kier molecular flexibility index (Phi) is 7.42. The number of anilines is 1. The molecule has 1 aromatic heterocycles. The highest BCUT2D eigenvalue weighted by Crippen LogP contribution is 2.31. The van der Waals surface area contributed by atoms with Gasteiger partial charge in [-0.2, -0.15) is 0 Å². The fraction of sp³-hybridized carbons (Fsp3) is 0.654. The molecule has 190 valence electrons. The van der Waals surface area contributed by atoms with E-state index in [1.165, 1.54) is 0 Å². The normalized spacial score (nSPS) is 27.3. The maximum absolute atomic E-state index is 13.1. The molecule has 0 bridgehead atoms. The van der Waals surface area contributed by atoms with E-state index in [2.05, 4.69) is 15.6 Å². The largest absolute Gasteiger partial charge is 0.460 e. The van der Waals surface area contributed by atoms with Crippen molar-refractivity contribution < 1.29 is 23.9 Å². The molecule has 2 aliphatic heterocycles. The lowest BCUT2D eigenvalue weighted by Crippen LogP contribution is -2.39. The Bertz CT molecular complexity index is 980. The molecule has 9 heteroatoms. The number of rotatable bonds is 5. The summed E-state index contributed by atoms with van der Waals surface area (Å²) in [6.45, 7) is 6.63. The van der Waals surface area contributed by atoms with Gasteiger partial charge in [-0.25, -0.2) is 0 Å². The van der Waals surface area contributed by atoms with Crippen molar-refractivity contribution in [1.82, 2.24) is 15.2 Å². The smallest absolute Gasteiger partial charge is 0.311 e. The van der Waals surface area contributed by atoms with Crippen molar-refractivity contribution in [3.63, 3.8) is 0 Å². The van der Waals surface area contributed by atoms with E-state index in [0.717, 1.165) is 36.9 Å².